The molecular weight excluding hydrogens is 1430 g/mol. The van der Waals surface area contributed by atoms with Crippen LogP contribution < -0.4 is 72.6 Å². The van der Waals surface area contributed by atoms with Crippen LogP contribution in [-0.2, 0) is 0 Å². The maximum absolute atomic E-state index is 3.21. The monoisotopic (exact) mass is 1510 g/mol. The van der Waals surface area contributed by atoms with E-state index in [0.29, 0.717) is 0 Å². The molecule has 0 amide bonds. The van der Waals surface area contributed by atoms with Crippen LogP contribution in [0.1, 0.15) is 0 Å². The summed E-state index contributed by atoms with van der Waals surface area (Å²) in [5.74, 6) is 0. The van der Waals surface area contributed by atoms with E-state index < -0.39 is 16.1 Å². The molecule has 18 aromatic carbocycles. The number of hydrogen-bond donors (Lipinski definition) is 0. The predicted molar refractivity (Wildman–Crippen MR) is 496 cm³/mol. The van der Waals surface area contributed by atoms with Gasteiger partial charge in [0.25, 0.3) is 6.71 Å². The zero-order valence-corrected chi connectivity index (χ0v) is 65.7. The highest BCUT2D eigenvalue weighted by Gasteiger charge is 2.49. The third kappa shape index (κ3) is 10.8. The second kappa shape index (κ2) is 28.3. The van der Waals surface area contributed by atoms with Gasteiger partial charge in [0.15, 0.2) is 16.1 Å². The highest BCUT2D eigenvalue weighted by molar-refractivity contribution is 7.20. The summed E-state index contributed by atoms with van der Waals surface area (Å²) in [6, 6.07) is 174. The fraction of sp³-hybridized carbons (Fsp3) is 0. The zero-order valence-electron chi connectivity index (χ0n) is 63.7. The maximum Gasteiger partial charge on any atom is 0.252 e. The van der Waals surface area contributed by atoms with Gasteiger partial charge in [0.05, 0.1) is 33.4 Å². The predicted octanol–water partition coefficient (Wildman–Crippen LogP) is 19.9. The Hall–Kier alpha value is -14.5. The number of fused-ring (bicyclic) bond motifs is 10. The highest BCUT2D eigenvalue weighted by Crippen LogP contribution is 2.50. The van der Waals surface area contributed by atoms with Crippen molar-refractivity contribution in [3.05, 3.63) is 461 Å². The van der Waals surface area contributed by atoms with Crippen molar-refractivity contribution >= 4 is 176 Å². The zero-order chi connectivity index (χ0) is 76.7. The van der Waals surface area contributed by atoms with Gasteiger partial charge in [-0.05, 0) is 179 Å². The summed E-state index contributed by atoms with van der Waals surface area (Å²) in [4.78, 5) is 7.83. The Bertz CT molecular complexity index is 6410. The Labute approximate surface area is 678 Å². The van der Waals surface area contributed by atoms with Crippen molar-refractivity contribution in [3.63, 3.8) is 0 Å². The molecule has 0 unspecified atom stereocenters. The van der Waals surface area contributed by atoms with E-state index in [4.69, 9.17) is 0 Å². The van der Waals surface area contributed by atoms with Gasteiger partial charge in [0, 0.05) is 78.3 Å². The molecular formula is C108H76BN5Si2. The molecule has 0 saturated heterocycles. The van der Waals surface area contributed by atoms with E-state index in [1.807, 2.05) is 0 Å². The molecule has 0 radical (unpaired) electrons. The van der Waals surface area contributed by atoms with Crippen LogP contribution in [0.5, 0.6) is 0 Å². The Morgan fingerprint density at radius 1 is 0.216 bits per heavy atom. The van der Waals surface area contributed by atoms with Crippen LogP contribution in [0.2, 0.25) is 0 Å². The van der Waals surface area contributed by atoms with Gasteiger partial charge in [0.1, 0.15) is 0 Å². The van der Waals surface area contributed by atoms with E-state index in [-0.39, 0.29) is 6.71 Å². The molecule has 0 fully saturated rings. The molecule has 2 aliphatic heterocycles. The Morgan fingerprint density at radius 3 is 0.862 bits per heavy atom. The summed E-state index contributed by atoms with van der Waals surface area (Å²) in [6.07, 6.45) is 0. The first kappa shape index (κ1) is 68.3. The lowest BCUT2D eigenvalue weighted by atomic mass is 9.33. The van der Waals surface area contributed by atoms with Crippen LogP contribution in [0.15, 0.2) is 461 Å². The van der Waals surface area contributed by atoms with Crippen LogP contribution in [0.25, 0.3) is 66.1 Å². The molecule has 0 saturated carbocycles. The minimum atomic E-state index is -3.21. The van der Waals surface area contributed by atoms with E-state index in [1.165, 1.54) is 101 Å². The number of nitrogens with zero attached hydrogens (tertiary/aromatic N) is 5. The molecule has 0 atom stereocenters. The number of hydrogen-bond acceptors (Lipinski definition) is 3. The van der Waals surface area contributed by atoms with Crippen molar-refractivity contribution < 1.29 is 0 Å². The normalized spacial score (nSPS) is 12.4. The van der Waals surface area contributed by atoms with Crippen molar-refractivity contribution in [2.24, 2.45) is 0 Å². The van der Waals surface area contributed by atoms with E-state index in [9.17, 15) is 0 Å². The number of aromatic nitrogens is 2. The molecule has 0 spiro atoms. The Kier molecular flexibility index (Phi) is 16.6. The van der Waals surface area contributed by atoms with Crippen LogP contribution in [0.4, 0.5) is 51.2 Å². The van der Waals surface area contributed by atoms with Crippen molar-refractivity contribution in [3.8, 4) is 22.5 Å². The highest BCUT2D eigenvalue weighted by atomic mass is 28.3. The second-order valence-electron chi connectivity index (χ2n) is 30.6. The third-order valence-corrected chi connectivity index (χ3v) is 34.1. The Balaban J connectivity index is 0.882. The summed E-state index contributed by atoms with van der Waals surface area (Å²) in [7, 11) is -6.43. The molecule has 20 aromatic rings. The van der Waals surface area contributed by atoms with Gasteiger partial charge in [-0.3, -0.25) is 0 Å². The lowest BCUT2D eigenvalue weighted by Crippen LogP contribution is -2.75. The fourth-order valence-corrected chi connectivity index (χ4v) is 29.2. The lowest BCUT2D eigenvalue weighted by molar-refractivity contribution is 1.17. The van der Waals surface area contributed by atoms with Crippen molar-refractivity contribution in [2.75, 3.05) is 14.7 Å². The topological polar surface area (TPSA) is 19.6 Å². The number of rotatable bonds is 16. The van der Waals surface area contributed by atoms with E-state index in [0.717, 1.165) is 73.7 Å². The van der Waals surface area contributed by atoms with Gasteiger partial charge in [-0.15, -0.1) is 0 Å². The lowest BCUT2D eigenvalue weighted by Gasteiger charge is -2.46. The molecule has 116 heavy (non-hydrogen) atoms. The first-order valence-corrected chi connectivity index (χ1v) is 44.2. The molecule has 0 aliphatic carbocycles. The van der Waals surface area contributed by atoms with Gasteiger partial charge in [-0.1, -0.05) is 346 Å². The summed E-state index contributed by atoms with van der Waals surface area (Å²) >= 11 is 0. The summed E-state index contributed by atoms with van der Waals surface area (Å²) < 4.78 is 4.88. The molecule has 0 N–H and O–H groups in total. The molecule has 0 bridgehead atoms. The average molecular weight is 1510 g/mol. The summed E-state index contributed by atoms with van der Waals surface area (Å²) in [5, 5.41) is 15.4. The van der Waals surface area contributed by atoms with Crippen LogP contribution >= 0.6 is 0 Å². The van der Waals surface area contributed by atoms with Gasteiger partial charge >= 0.3 is 0 Å². The molecule has 8 heteroatoms. The van der Waals surface area contributed by atoms with Crippen molar-refractivity contribution in [1.82, 2.24) is 9.13 Å². The van der Waals surface area contributed by atoms with Crippen LogP contribution in [0, 0.1) is 0 Å². The summed E-state index contributed by atoms with van der Waals surface area (Å²) in [6.45, 7) is -0.285. The SMILES string of the molecule is c1ccc(-c2ccccc2N(c2ccccc2)c2cc3c4c(c2)N(c2ccc(-n5c6ccccc6c6ccccc65)cc2)c2cc([Si](c5ccccc5)(c5ccccc5)c5ccccc5)ccc2B4c2ccc([Si](c4ccccc4)(c4ccccc4)c4ccccc4)cc2N3c2ccc(-n3c4ccccc4c4ccccc43)cc2)cc1. The largest absolute Gasteiger partial charge is 0.311 e. The molecule has 544 valence electrons. The first-order chi connectivity index (χ1) is 57.6. The quantitative estimate of drug-likeness (QED) is 0.0710. The van der Waals surface area contributed by atoms with Gasteiger partial charge in [-0.25, -0.2) is 0 Å². The third-order valence-electron chi connectivity index (χ3n) is 24.6. The van der Waals surface area contributed by atoms with E-state index >= 15 is 0 Å². The fourth-order valence-electron chi connectivity index (χ4n) is 19.7. The molecule has 5 nitrogen and oxygen atoms in total. The van der Waals surface area contributed by atoms with Crippen molar-refractivity contribution in [2.45, 2.75) is 0 Å². The van der Waals surface area contributed by atoms with Gasteiger partial charge < -0.3 is 23.8 Å². The standard InChI is InChI=1S/C108H76BN5Si2/c1-9-35-77(36-10-1)92-51-25-30-56-99(92)110(78-37-11-2-12-38-78)83-73-106-108-107(74-83)114(82-67-63-80(64-68-82)112-102-59-33-28-54-95(102)96-55-29-34-60-103(96)112)105-76-91(116(87-45-19-6-20-46-87,88-47-21-7-22-48-88)89-49-23-8-24-50-89)70-72-98(105)109(108)97-71-69-90(115(84-39-13-3-14-40-84,85-41-15-4-16-42-85)86-43-17-5-18-44-86)75-104(97)113(106)81-65-61-79(62-66-81)111-100-57-31-26-52-93(100)94-53-27-32-58-101(94)111/h1-76H. The molecule has 4 heterocycles. The smallest absolute Gasteiger partial charge is 0.252 e. The van der Waals surface area contributed by atoms with E-state index in [1.54, 1.807) is 0 Å². The minimum absolute atomic E-state index is 0.285. The van der Waals surface area contributed by atoms with Crippen LogP contribution in [-0.4, -0.2) is 32.0 Å². The summed E-state index contributed by atoms with van der Waals surface area (Å²) in [5.41, 5.74) is 22.4. The molecule has 2 aromatic heterocycles. The maximum atomic E-state index is 2.65. The first-order valence-electron chi connectivity index (χ1n) is 40.2. The number of benzene rings is 18. The number of anilines is 9. The van der Waals surface area contributed by atoms with Crippen molar-refractivity contribution in [1.29, 1.82) is 0 Å². The van der Waals surface area contributed by atoms with Gasteiger partial charge in [0.2, 0.25) is 0 Å². The minimum Gasteiger partial charge on any atom is -0.311 e. The van der Waals surface area contributed by atoms with Crippen LogP contribution in [0.3, 0.4) is 0 Å². The number of para-hydroxylation sites is 6. The molecule has 2 aliphatic rings. The van der Waals surface area contributed by atoms with E-state index in [2.05, 4.69) is 485 Å². The second-order valence-corrected chi connectivity index (χ2v) is 38.2. The Morgan fingerprint density at radius 2 is 0.509 bits per heavy atom. The average Bonchev–Trinajstić information content (AvgIpc) is 0.722. The molecule has 22 rings (SSSR count). The van der Waals surface area contributed by atoms with Gasteiger partial charge in [-0.2, -0.15) is 0 Å².